The zero-order valence-corrected chi connectivity index (χ0v) is 14.5. The quantitative estimate of drug-likeness (QED) is 0.605. The molecule has 0 saturated carbocycles. The average molecular weight is 403 g/mol. The summed E-state index contributed by atoms with van der Waals surface area (Å²) in [4.78, 5) is 23.1. The van der Waals surface area contributed by atoms with Crippen molar-refractivity contribution in [1.82, 2.24) is 9.91 Å². The van der Waals surface area contributed by atoms with E-state index in [4.69, 9.17) is 39.9 Å². The topological polar surface area (TPSA) is 64.1 Å². The summed E-state index contributed by atoms with van der Waals surface area (Å²) in [5.41, 5.74) is 0.610. The number of halogens is 5. The van der Waals surface area contributed by atoms with E-state index in [9.17, 15) is 18.4 Å². The van der Waals surface area contributed by atoms with Crippen LogP contribution in [0.4, 0.5) is 19.3 Å². The zero-order chi connectivity index (χ0) is 18.2. The number of hydrogen-bond donors (Lipinski definition) is 1. The molecule has 1 N–H and O–H groups in total. The molecule has 0 radical (unpaired) electrons. The minimum Gasteiger partial charge on any atom is -0.480 e. The number of nitrogens with zero attached hydrogens (tertiary/aromatic N) is 3. The van der Waals surface area contributed by atoms with Crippen molar-refractivity contribution in [3.8, 4) is 0 Å². The van der Waals surface area contributed by atoms with Gasteiger partial charge in [-0.15, -0.1) is 11.6 Å². The van der Waals surface area contributed by atoms with Crippen LogP contribution in [0.1, 0.15) is 5.56 Å². The first-order valence-corrected chi connectivity index (χ1v) is 7.77. The predicted octanol–water partition coefficient (Wildman–Crippen LogP) is 3.50. The van der Waals surface area contributed by atoms with E-state index in [1.54, 1.807) is 0 Å². The number of anilines is 1. The number of benzene rings is 1. The highest BCUT2D eigenvalue weighted by molar-refractivity contribution is 6.37. The van der Waals surface area contributed by atoms with E-state index in [0.29, 0.717) is 10.5 Å². The SMILES string of the molecule is CN1C(=O)N(C(F)F)CN1c1cc(CC(Cl)C(=O)O)c(Cl)cc1Cl. The van der Waals surface area contributed by atoms with Crippen molar-refractivity contribution < 1.29 is 23.5 Å². The summed E-state index contributed by atoms with van der Waals surface area (Å²) in [5, 5.41) is 10.2. The van der Waals surface area contributed by atoms with Gasteiger partial charge in [-0.05, 0) is 17.7 Å². The molecule has 11 heteroatoms. The monoisotopic (exact) mass is 401 g/mol. The molecule has 0 aliphatic carbocycles. The molecule has 132 valence electrons. The molecule has 1 atom stereocenters. The van der Waals surface area contributed by atoms with Crippen LogP contribution in [0.5, 0.6) is 0 Å². The van der Waals surface area contributed by atoms with E-state index in [2.05, 4.69) is 0 Å². The van der Waals surface area contributed by atoms with E-state index in [1.165, 1.54) is 24.2 Å². The summed E-state index contributed by atoms with van der Waals surface area (Å²) in [6, 6.07) is 1.89. The standard InChI is InChI=1S/C13H12Cl3F2N3O3/c1-19-13(24)20(12(17)18)5-21(19)10-3-6(2-9(16)11(22)23)7(14)4-8(10)15/h3-4,9,12H,2,5H2,1H3,(H,22,23). The van der Waals surface area contributed by atoms with E-state index in [-0.39, 0.29) is 22.2 Å². The lowest BCUT2D eigenvalue weighted by atomic mass is 10.1. The first-order chi connectivity index (χ1) is 11.1. The third kappa shape index (κ3) is 3.60. The Bertz CT molecular complexity index is 677. The second-order valence-corrected chi connectivity index (χ2v) is 6.34. The molecule has 0 spiro atoms. The molecule has 0 bridgehead atoms. The van der Waals surface area contributed by atoms with Gasteiger partial charge in [-0.3, -0.25) is 9.80 Å². The van der Waals surface area contributed by atoms with Gasteiger partial charge in [0.25, 0.3) is 0 Å². The Morgan fingerprint density at radius 2 is 1.96 bits per heavy atom. The van der Waals surface area contributed by atoms with E-state index >= 15 is 0 Å². The van der Waals surface area contributed by atoms with Crippen molar-refractivity contribution in [3.05, 3.63) is 27.7 Å². The molecule has 1 aliphatic heterocycles. The van der Waals surface area contributed by atoms with Crippen molar-refractivity contribution in [2.24, 2.45) is 0 Å². The first kappa shape index (κ1) is 18.8. The van der Waals surface area contributed by atoms with Gasteiger partial charge in [0.1, 0.15) is 12.0 Å². The number of amides is 2. The number of carboxylic acid groups (broad SMARTS) is 1. The van der Waals surface area contributed by atoms with Crippen LogP contribution in [-0.4, -0.2) is 52.7 Å². The normalized spacial score (nSPS) is 16.3. The third-order valence-corrected chi connectivity index (χ3v) is 4.46. The van der Waals surface area contributed by atoms with Gasteiger partial charge in [0.05, 0.1) is 10.7 Å². The fourth-order valence-corrected chi connectivity index (χ4v) is 2.91. The van der Waals surface area contributed by atoms with Gasteiger partial charge in [-0.2, -0.15) is 8.78 Å². The third-order valence-electron chi connectivity index (χ3n) is 3.47. The Labute approximate surface area is 151 Å². The number of carbonyl (C=O) groups is 2. The maximum absolute atomic E-state index is 12.9. The molecule has 24 heavy (non-hydrogen) atoms. The van der Waals surface area contributed by atoms with Gasteiger partial charge in [0.15, 0.2) is 0 Å². The highest BCUT2D eigenvalue weighted by Gasteiger charge is 2.38. The molecule has 1 aliphatic rings. The van der Waals surface area contributed by atoms with Gasteiger partial charge in [-0.1, -0.05) is 23.2 Å². The maximum atomic E-state index is 12.9. The van der Waals surface area contributed by atoms with Crippen molar-refractivity contribution in [2.45, 2.75) is 18.3 Å². The summed E-state index contributed by atoms with van der Waals surface area (Å²) in [5.74, 6) is -1.22. The first-order valence-electron chi connectivity index (χ1n) is 6.58. The largest absolute Gasteiger partial charge is 0.480 e. The van der Waals surface area contributed by atoms with Crippen molar-refractivity contribution in [3.63, 3.8) is 0 Å². The minimum absolute atomic E-state index is 0.0933. The van der Waals surface area contributed by atoms with Crippen LogP contribution in [-0.2, 0) is 11.2 Å². The second kappa shape index (κ2) is 7.16. The number of carbonyl (C=O) groups excluding carboxylic acids is 1. The highest BCUT2D eigenvalue weighted by atomic mass is 35.5. The van der Waals surface area contributed by atoms with Crippen molar-refractivity contribution in [1.29, 1.82) is 0 Å². The number of hydrazine groups is 1. The number of alkyl halides is 3. The Balaban J connectivity index is 2.37. The van der Waals surface area contributed by atoms with Crippen LogP contribution < -0.4 is 5.01 Å². The molecule has 6 nitrogen and oxygen atoms in total. The Morgan fingerprint density at radius 1 is 1.33 bits per heavy atom. The second-order valence-electron chi connectivity index (χ2n) is 5.00. The van der Waals surface area contributed by atoms with Crippen LogP contribution in [0.2, 0.25) is 10.0 Å². The zero-order valence-electron chi connectivity index (χ0n) is 12.2. The fraction of sp³-hybridized carbons (Fsp3) is 0.385. The molecule has 1 fully saturated rings. The number of urea groups is 1. The molecule has 1 unspecified atom stereocenters. The summed E-state index contributed by atoms with van der Waals surface area (Å²) >= 11 is 17.9. The summed E-state index contributed by atoms with van der Waals surface area (Å²) in [6.45, 7) is -3.37. The smallest absolute Gasteiger partial charge is 0.344 e. The minimum atomic E-state index is -2.96. The molecule has 2 amide bonds. The number of hydrogen-bond acceptors (Lipinski definition) is 3. The fourth-order valence-electron chi connectivity index (χ4n) is 2.19. The van der Waals surface area contributed by atoms with Crippen LogP contribution in [0, 0.1) is 0 Å². The molecule has 1 heterocycles. The predicted molar refractivity (Wildman–Crippen MR) is 85.8 cm³/mol. The molecular weight excluding hydrogens is 391 g/mol. The van der Waals surface area contributed by atoms with Gasteiger partial charge in [-0.25, -0.2) is 14.7 Å². The number of aliphatic carboxylic acids is 1. The maximum Gasteiger partial charge on any atom is 0.344 e. The molecule has 2 rings (SSSR count). The Kier molecular flexibility index (Phi) is 5.62. The summed E-state index contributed by atoms with van der Waals surface area (Å²) in [6.07, 6.45) is -0.0933. The summed E-state index contributed by atoms with van der Waals surface area (Å²) < 4.78 is 25.7. The number of rotatable bonds is 5. The van der Waals surface area contributed by atoms with Crippen LogP contribution in [0.25, 0.3) is 0 Å². The van der Waals surface area contributed by atoms with E-state index in [1.807, 2.05) is 0 Å². The average Bonchev–Trinajstić information content (AvgIpc) is 2.78. The lowest BCUT2D eigenvalue weighted by Crippen LogP contribution is -2.35. The molecular formula is C13H12Cl3F2N3O3. The van der Waals surface area contributed by atoms with Gasteiger partial charge >= 0.3 is 18.5 Å². The Hall–Kier alpha value is -1.51. The lowest BCUT2D eigenvalue weighted by Gasteiger charge is -2.26. The molecule has 1 aromatic rings. The van der Waals surface area contributed by atoms with Crippen molar-refractivity contribution in [2.75, 3.05) is 18.7 Å². The molecule has 0 aromatic heterocycles. The molecule has 1 aromatic carbocycles. The van der Waals surface area contributed by atoms with Crippen LogP contribution in [0.3, 0.4) is 0 Å². The Morgan fingerprint density at radius 3 is 2.46 bits per heavy atom. The van der Waals surface area contributed by atoms with Gasteiger partial charge < -0.3 is 5.11 Å². The lowest BCUT2D eigenvalue weighted by molar-refractivity contribution is -0.136. The van der Waals surface area contributed by atoms with E-state index < -0.39 is 30.6 Å². The van der Waals surface area contributed by atoms with Gasteiger partial charge in [0.2, 0.25) is 0 Å². The summed E-state index contributed by atoms with van der Waals surface area (Å²) in [7, 11) is 1.32. The van der Waals surface area contributed by atoms with E-state index in [0.717, 1.165) is 5.01 Å². The highest BCUT2D eigenvalue weighted by Crippen LogP contribution is 2.35. The molecule has 1 saturated heterocycles. The van der Waals surface area contributed by atoms with Crippen molar-refractivity contribution >= 4 is 52.5 Å². The van der Waals surface area contributed by atoms with Crippen LogP contribution >= 0.6 is 34.8 Å². The number of carboxylic acids is 1. The van der Waals surface area contributed by atoms with Gasteiger partial charge in [0, 0.05) is 18.5 Å². The van der Waals surface area contributed by atoms with Crippen LogP contribution in [0.15, 0.2) is 12.1 Å².